The van der Waals surface area contributed by atoms with Crippen molar-refractivity contribution in [3.63, 3.8) is 0 Å². The monoisotopic (exact) mass is 314 g/mol. The van der Waals surface area contributed by atoms with Crippen molar-refractivity contribution >= 4 is 10.0 Å². The molecule has 1 fully saturated rings. The second-order valence-corrected chi connectivity index (χ2v) is 7.92. The predicted molar refractivity (Wildman–Crippen MR) is 83.6 cm³/mol. The average molecular weight is 314 g/mol. The Balaban J connectivity index is 2.14. The minimum Gasteiger partial charge on any atom is -0.352 e. The lowest BCUT2D eigenvalue weighted by Gasteiger charge is -2.25. The molecule has 0 aliphatic carbocycles. The molecule has 1 aromatic heterocycles. The van der Waals surface area contributed by atoms with Crippen molar-refractivity contribution in [2.75, 3.05) is 34.2 Å². The third-order valence-electron chi connectivity index (χ3n) is 4.29. The van der Waals surface area contributed by atoms with Gasteiger partial charge in [0.25, 0.3) is 0 Å². The Hall–Kier alpha value is -0.890. The van der Waals surface area contributed by atoms with Gasteiger partial charge >= 0.3 is 0 Å². The van der Waals surface area contributed by atoms with Crippen LogP contribution in [0.4, 0.5) is 0 Å². The topological polar surface area (TPSA) is 57.6 Å². The van der Waals surface area contributed by atoms with Gasteiger partial charge in [0.1, 0.15) is 4.90 Å². The molecule has 1 aliphatic heterocycles. The molecule has 6 nitrogen and oxygen atoms in total. The van der Waals surface area contributed by atoms with E-state index in [1.54, 1.807) is 19.3 Å². The van der Waals surface area contributed by atoms with Crippen LogP contribution in [0.5, 0.6) is 0 Å². The van der Waals surface area contributed by atoms with Crippen LogP contribution >= 0.6 is 0 Å². The van der Waals surface area contributed by atoms with Crippen LogP contribution in [-0.4, -0.2) is 62.5 Å². The van der Waals surface area contributed by atoms with Crippen LogP contribution in [0.2, 0.25) is 0 Å². The highest BCUT2D eigenvalue weighted by molar-refractivity contribution is 7.89. The van der Waals surface area contributed by atoms with Crippen LogP contribution < -0.4 is 5.32 Å². The highest BCUT2D eigenvalue weighted by Crippen LogP contribution is 2.21. The molecule has 120 valence electrons. The Morgan fingerprint density at radius 1 is 1.43 bits per heavy atom. The van der Waals surface area contributed by atoms with Crippen LogP contribution in [0.3, 0.4) is 0 Å². The molecule has 1 saturated heterocycles. The lowest BCUT2D eigenvalue weighted by Crippen LogP contribution is -2.39. The molecule has 7 heteroatoms. The average Bonchev–Trinajstić information content (AvgIpc) is 2.98. The molecule has 1 aromatic rings. The van der Waals surface area contributed by atoms with Crippen molar-refractivity contribution in [2.24, 2.45) is 7.05 Å². The standard InChI is InChI=1S/C14H26N4O2S/c1-15-9-13-8-14(11-17(13)3)21(19,20)18(4)10-12-6-5-7-16(12)2/h8,11-12,15H,5-7,9-10H2,1-4H3. The molecular formula is C14H26N4O2S. The fourth-order valence-electron chi connectivity index (χ4n) is 2.86. The largest absolute Gasteiger partial charge is 0.352 e. The van der Waals surface area contributed by atoms with Gasteiger partial charge in [0.05, 0.1) is 0 Å². The highest BCUT2D eigenvalue weighted by atomic mass is 32.2. The van der Waals surface area contributed by atoms with Crippen molar-refractivity contribution in [2.45, 2.75) is 30.3 Å². The Labute approximate surface area is 127 Å². The summed E-state index contributed by atoms with van der Waals surface area (Å²) in [5.74, 6) is 0. The van der Waals surface area contributed by atoms with Gasteiger partial charge < -0.3 is 14.8 Å². The van der Waals surface area contributed by atoms with E-state index in [1.165, 1.54) is 4.31 Å². The van der Waals surface area contributed by atoms with Gasteiger partial charge in [-0.25, -0.2) is 8.42 Å². The molecular weight excluding hydrogens is 288 g/mol. The third-order valence-corrected chi connectivity index (χ3v) is 6.08. The number of likely N-dealkylation sites (tertiary alicyclic amines) is 1. The zero-order valence-electron chi connectivity index (χ0n) is 13.3. The van der Waals surface area contributed by atoms with E-state index in [0.29, 0.717) is 24.0 Å². The SMILES string of the molecule is CNCc1cc(S(=O)(=O)N(C)CC2CCCN2C)cn1C. The minimum atomic E-state index is -3.41. The van der Waals surface area contributed by atoms with Crippen LogP contribution in [0.15, 0.2) is 17.2 Å². The maximum absolute atomic E-state index is 12.7. The Kier molecular flexibility index (Phi) is 5.08. The zero-order chi connectivity index (χ0) is 15.6. The van der Waals surface area contributed by atoms with E-state index < -0.39 is 10.0 Å². The van der Waals surface area contributed by atoms with E-state index >= 15 is 0 Å². The first kappa shape index (κ1) is 16.5. The number of nitrogens with one attached hydrogen (secondary N) is 1. The van der Waals surface area contributed by atoms with Gasteiger partial charge in [0.2, 0.25) is 10.0 Å². The molecule has 0 spiro atoms. The number of nitrogens with zero attached hydrogens (tertiary/aromatic N) is 3. The fourth-order valence-corrected chi connectivity index (χ4v) is 4.16. The molecule has 1 aliphatic rings. The van der Waals surface area contributed by atoms with E-state index in [9.17, 15) is 8.42 Å². The minimum absolute atomic E-state index is 0.324. The van der Waals surface area contributed by atoms with Gasteiger partial charge in [0.15, 0.2) is 0 Å². The number of rotatable bonds is 6. The van der Waals surface area contributed by atoms with E-state index in [1.807, 2.05) is 18.7 Å². The maximum atomic E-state index is 12.7. The van der Waals surface area contributed by atoms with Crippen molar-refractivity contribution < 1.29 is 8.42 Å². The van der Waals surface area contributed by atoms with Gasteiger partial charge in [-0.1, -0.05) is 0 Å². The molecule has 2 rings (SSSR count). The first-order chi connectivity index (χ1) is 9.86. The fraction of sp³-hybridized carbons (Fsp3) is 0.714. The quantitative estimate of drug-likeness (QED) is 0.829. The van der Waals surface area contributed by atoms with Crippen molar-refractivity contribution in [1.82, 2.24) is 19.1 Å². The molecule has 1 N–H and O–H groups in total. The summed E-state index contributed by atoms with van der Waals surface area (Å²) >= 11 is 0. The van der Waals surface area contributed by atoms with Crippen LogP contribution in [0.25, 0.3) is 0 Å². The number of likely N-dealkylation sites (N-methyl/N-ethyl adjacent to an activating group) is 2. The van der Waals surface area contributed by atoms with E-state index in [0.717, 1.165) is 25.1 Å². The Morgan fingerprint density at radius 2 is 2.14 bits per heavy atom. The normalized spacial score (nSPS) is 20.5. The van der Waals surface area contributed by atoms with Gasteiger partial charge in [0, 0.05) is 45.1 Å². The zero-order valence-corrected chi connectivity index (χ0v) is 14.2. The molecule has 0 radical (unpaired) electrons. The lowest BCUT2D eigenvalue weighted by molar-refractivity contribution is 0.271. The van der Waals surface area contributed by atoms with Gasteiger partial charge in [-0.2, -0.15) is 4.31 Å². The second-order valence-electron chi connectivity index (χ2n) is 5.87. The van der Waals surface area contributed by atoms with Gasteiger partial charge in [-0.15, -0.1) is 0 Å². The lowest BCUT2D eigenvalue weighted by atomic mass is 10.2. The summed E-state index contributed by atoms with van der Waals surface area (Å²) in [6, 6.07) is 2.08. The summed E-state index contributed by atoms with van der Waals surface area (Å²) in [6.45, 7) is 2.26. The second kappa shape index (κ2) is 6.48. The summed E-state index contributed by atoms with van der Waals surface area (Å²) in [5.41, 5.74) is 0.961. The van der Waals surface area contributed by atoms with Gasteiger partial charge in [-0.05, 0) is 39.5 Å². The molecule has 1 atom stereocenters. The number of aryl methyl sites for hydroxylation is 1. The van der Waals surface area contributed by atoms with E-state index in [4.69, 9.17) is 0 Å². The molecule has 0 bridgehead atoms. The number of hydrogen-bond donors (Lipinski definition) is 1. The Morgan fingerprint density at radius 3 is 2.71 bits per heavy atom. The molecule has 2 heterocycles. The van der Waals surface area contributed by atoms with E-state index in [2.05, 4.69) is 17.3 Å². The van der Waals surface area contributed by atoms with Crippen LogP contribution in [-0.2, 0) is 23.6 Å². The Bertz CT molecular complexity index is 582. The van der Waals surface area contributed by atoms with Crippen LogP contribution in [0.1, 0.15) is 18.5 Å². The van der Waals surface area contributed by atoms with Gasteiger partial charge in [-0.3, -0.25) is 0 Å². The summed E-state index contributed by atoms with van der Waals surface area (Å²) in [6.07, 6.45) is 3.90. The molecule has 0 amide bonds. The summed E-state index contributed by atoms with van der Waals surface area (Å²) in [7, 11) is 4.04. The summed E-state index contributed by atoms with van der Waals surface area (Å²) in [4.78, 5) is 2.61. The first-order valence-electron chi connectivity index (χ1n) is 7.32. The smallest absolute Gasteiger partial charge is 0.244 e. The molecule has 21 heavy (non-hydrogen) atoms. The summed E-state index contributed by atoms with van der Waals surface area (Å²) < 4.78 is 28.7. The first-order valence-corrected chi connectivity index (χ1v) is 8.76. The molecule has 0 saturated carbocycles. The van der Waals surface area contributed by atoms with Crippen LogP contribution in [0, 0.1) is 0 Å². The van der Waals surface area contributed by atoms with E-state index in [-0.39, 0.29) is 0 Å². The predicted octanol–water partition coefficient (Wildman–Crippen LogP) is 0.459. The number of aromatic nitrogens is 1. The summed E-state index contributed by atoms with van der Waals surface area (Å²) in [5, 5.41) is 3.05. The third kappa shape index (κ3) is 3.48. The molecule has 1 unspecified atom stereocenters. The maximum Gasteiger partial charge on any atom is 0.244 e. The van der Waals surface area contributed by atoms with Crippen molar-refractivity contribution in [3.8, 4) is 0 Å². The van der Waals surface area contributed by atoms with Crippen molar-refractivity contribution in [1.29, 1.82) is 0 Å². The molecule has 0 aromatic carbocycles. The highest BCUT2D eigenvalue weighted by Gasteiger charge is 2.29. The number of hydrogen-bond acceptors (Lipinski definition) is 4. The van der Waals surface area contributed by atoms with Crippen molar-refractivity contribution in [3.05, 3.63) is 18.0 Å². The number of sulfonamides is 1.